The van der Waals surface area contributed by atoms with Gasteiger partial charge in [-0.2, -0.15) is 0 Å². The van der Waals surface area contributed by atoms with Crippen LogP contribution in [0.1, 0.15) is 55.8 Å². The molecule has 0 aromatic heterocycles. The maximum absolute atomic E-state index is 11.8. The summed E-state index contributed by atoms with van der Waals surface area (Å²) < 4.78 is 15.0. The van der Waals surface area contributed by atoms with Crippen molar-refractivity contribution in [3.63, 3.8) is 0 Å². The highest BCUT2D eigenvalue weighted by Crippen LogP contribution is 2.34. The summed E-state index contributed by atoms with van der Waals surface area (Å²) in [6, 6.07) is 2.57. The van der Waals surface area contributed by atoms with Crippen LogP contribution in [0.4, 0.5) is 10.5 Å². The third kappa shape index (κ3) is 6.36. The minimum atomic E-state index is -1.28. The van der Waals surface area contributed by atoms with Crippen molar-refractivity contribution in [2.75, 3.05) is 19.5 Å². The summed E-state index contributed by atoms with van der Waals surface area (Å²) in [7, 11) is 1.33. The van der Waals surface area contributed by atoms with E-state index < -0.39 is 12.1 Å². The number of carboxylic acid groups (broad SMARTS) is 1. The number of aromatic carboxylic acids is 1. The Labute approximate surface area is 141 Å². The second kappa shape index (κ2) is 10.4. The molecule has 0 unspecified atom stereocenters. The van der Waals surface area contributed by atoms with Crippen LogP contribution in [0.5, 0.6) is 11.5 Å². The maximum atomic E-state index is 11.8. The first kappa shape index (κ1) is 19.6. The number of carbonyl (C=O) groups is 2. The zero-order valence-corrected chi connectivity index (χ0v) is 14.2. The van der Waals surface area contributed by atoms with Crippen LogP contribution in [0.15, 0.2) is 12.1 Å². The van der Waals surface area contributed by atoms with Gasteiger partial charge >= 0.3 is 12.1 Å². The van der Waals surface area contributed by atoms with Crippen LogP contribution in [0, 0.1) is 0 Å². The first-order valence-corrected chi connectivity index (χ1v) is 8.05. The maximum Gasteiger partial charge on any atom is 0.514 e. The first-order chi connectivity index (χ1) is 11.5. The number of hydrogen-bond acceptors (Lipinski definition) is 6. The van der Waals surface area contributed by atoms with Crippen LogP contribution in [0.3, 0.4) is 0 Å². The molecule has 0 saturated heterocycles. The molecule has 0 atom stereocenters. The molecule has 0 aliphatic rings. The summed E-state index contributed by atoms with van der Waals surface area (Å²) in [6.45, 7) is 2.38. The number of unbranched alkanes of at least 4 members (excludes halogenated alkanes) is 5. The van der Waals surface area contributed by atoms with Crippen molar-refractivity contribution in [3.05, 3.63) is 17.7 Å². The molecule has 3 N–H and O–H groups in total. The highest BCUT2D eigenvalue weighted by Gasteiger charge is 2.21. The van der Waals surface area contributed by atoms with Crippen LogP contribution in [-0.2, 0) is 4.74 Å². The van der Waals surface area contributed by atoms with Crippen LogP contribution >= 0.6 is 0 Å². The Balaban J connectivity index is 2.56. The Morgan fingerprint density at radius 1 is 1.12 bits per heavy atom. The van der Waals surface area contributed by atoms with Gasteiger partial charge in [0.2, 0.25) is 0 Å². The molecule has 1 aromatic carbocycles. The van der Waals surface area contributed by atoms with Crippen molar-refractivity contribution in [2.24, 2.45) is 0 Å². The molecular weight excluding hydrogens is 314 g/mol. The summed E-state index contributed by atoms with van der Waals surface area (Å²) in [5.41, 5.74) is 5.54. The van der Waals surface area contributed by atoms with Crippen LogP contribution in [-0.4, -0.2) is 30.9 Å². The van der Waals surface area contributed by atoms with Crippen molar-refractivity contribution < 1.29 is 28.9 Å². The van der Waals surface area contributed by atoms with Gasteiger partial charge in [-0.3, -0.25) is 0 Å². The molecule has 0 aliphatic heterocycles. The van der Waals surface area contributed by atoms with E-state index >= 15 is 0 Å². The second-order valence-corrected chi connectivity index (χ2v) is 5.37. The van der Waals surface area contributed by atoms with E-state index in [0.717, 1.165) is 19.3 Å². The summed E-state index contributed by atoms with van der Waals surface area (Å²) in [6.07, 6.45) is 5.40. The molecule has 0 heterocycles. The molecule has 0 spiro atoms. The third-order valence-corrected chi connectivity index (χ3v) is 3.43. The van der Waals surface area contributed by atoms with E-state index in [9.17, 15) is 14.7 Å². The SMILES string of the molecule is CCCCCCCCOC(=O)Oc1c(OC)cc(N)cc1C(=O)O. The van der Waals surface area contributed by atoms with E-state index in [4.69, 9.17) is 19.9 Å². The summed E-state index contributed by atoms with van der Waals surface area (Å²) in [5.74, 6) is -1.43. The van der Waals surface area contributed by atoms with Crippen molar-refractivity contribution in [1.29, 1.82) is 0 Å². The van der Waals surface area contributed by atoms with Crippen LogP contribution in [0.25, 0.3) is 0 Å². The molecular formula is C17H25NO6. The summed E-state index contributed by atoms with van der Waals surface area (Å²) in [5, 5.41) is 9.20. The van der Waals surface area contributed by atoms with E-state index in [1.807, 2.05) is 0 Å². The molecule has 0 fully saturated rings. The molecule has 1 rings (SSSR count). The van der Waals surface area contributed by atoms with E-state index in [0.29, 0.717) is 0 Å². The fourth-order valence-corrected chi connectivity index (χ4v) is 2.19. The lowest BCUT2D eigenvalue weighted by molar-refractivity contribution is 0.0688. The molecule has 134 valence electrons. The Hall–Kier alpha value is -2.44. The van der Waals surface area contributed by atoms with Gasteiger partial charge in [0.25, 0.3) is 0 Å². The fourth-order valence-electron chi connectivity index (χ4n) is 2.19. The minimum Gasteiger partial charge on any atom is -0.493 e. The molecule has 24 heavy (non-hydrogen) atoms. The lowest BCUT2D eigenvalue weighted by Crippen LogP contribution is -2.15. The molecule has 0 saturated carbocycles. The smallest absolute Gasteiger partial charge is 0.493 e. The van der Waals surface area contributed by atoms with Gasteiger partial charge in [0.15, 0.2) is 11.5 Å². The van der Waals surface area contributed by atoms with Crippen molar-refractivity contribution in [3.8, 4) is 11.5 Å². The lowest BCUT2D eigenvalue weighted by Gasteiger charge is -2.12. The van der Waals surface area contributed by atoms with Crippen molar-refractivity contribution in [1.82, 2.24) is 0 Å². The van der Waals surface area contributed by atoms with E-state index in [2.05, 4.69) is 6.92 Å². The average Bonchev–Trinajstić information content (AvgIpc) is 2.54. The Morgan fingerprint density at radius 3 is 2.42 bits per heavy atom. The standard InChI is InChI=1S/C17H25NO6/c1-3-4-5-6-7-8-9-23-17(21)24-15-13(16(19)20)10-12(18)11-14(15)22-2/h10-11H,3-9,18H2,1-2H3,(H,19,20). The van der Waals surface area contributed by atoms with Gasteiger partial charge < -0.3 is 25.1 Å². The second-order valence-electron chi connectivity index (χ2n) is 5.37. The predicted molar refractivity (Wildman–Crippen MR) is 89.7 cm³/mol. The zero-order valence-electron chi connectivity index (χ0n) is 14.2. The minimum absolute atomic E-state index is 0.0592. The van der Waals surface area contributed by atoms with Gasteiger partial charge in [-0.1, -0.05) is 39.0 Å². The average molecular weight is 339 g/mol. The predicted octanol–water partition coefficient (Wildman–Crippen LogP) is 3.85. The summed E-state index contributed by atoms with van der Waals surface area (Å²) >= 11 is 0. The number of carbonyl (C=O) groups excluding carboxylic acids is 1. The van der Waals surface area contributed by atoms with Gasteiger partial charge in [0, 0.05) is 11.8 Å². The Kier molecular flexibility index (Phi) is 8.46. The quantitative estimate of drug-likeness (QED) is 0.288. The fraction of sp³-hybridized carbons (Fsp3) is 0.529. The monoisotopic (exact) mass is 339 g/mol. The molecule has 0 bridgehead atoms. The number of methoxy groups -OCH3 is 1. The first-order valence-electron chi connectivity index (χ1n) is 8.05. The molecule has 1 aromatic rings. The van der Waals surface area contributed by atoms with Gasteiger partial charge in [-0.15, -0.1) is 0 Å². The van der Waals surface area contributed by atoms with E-state index in [1.54, 1.807) is 0 Å². The van der Waals surface area contributed by atoms with E-state index in [-0.39, 0.29) is 29.4 Å². The number of hydrogen-bond donors (Lipinski definition) is 2. The highest BCUT2D eigenvalue weighted by atomic mass is 16.7. The molecule has 0 radical (unpaired) electrons. The summed E-state index contributed by atoms with van der Waals surface area (Å²) in [4.78, 5) is 23.0. The van der Waals surface area contributed by atoms with Gasteiger partial charge in [-0.25, -0.2) is 9.59 Å². The Morgan fingerprint density at radius 2 is 1.79 bits per heavy atom. The van der Waals surface area contributed by atoms with Crippen LogP contribution in [0.2, 0.25) is 0 Å². The number of nitrogens with two attached hydrogens (primary N) is 1. The topological polar surface area (TPSA) is 108 Å². The van der Waals surface area contributed by atoms with E-state index in [1.165, 1.54) is 38.5 Å². The van der Waals surface area contributed by atoms with Gasteiger partial charge in [-0.05, 0) is 12.5 Å². The number of nitrogen functional groups attached to an aromatic ring is 1. The molecule has 0 aliphatic carbocycles. The molecule has 7 heteroatoms. The number of carboxylic acids is 1. The molecule has 7 nitrogen and oxygen atoms in total. The molecule has 0 amide bonds. The Bertz CT molecular complexity index is 558. The van der Waals surface area contributed by atoms with Gasteiger partial charge in [0.1, 0.15) is 5.56 Å². The third-order valence-electron chi connectivity index (χ3n) is 3.43. The number of anilines is 1. The number of benzene rings is 1. The zero-order chi connectivity index (χ0) is 17.9. The number of ether oxygens (including phenoxy) is 3. The van der Waals surface area contributed by atoms with Crippen molar-refractivity contribution in [2.45, 2.75) is 45.4 Å². The normalized spacial score (nSPS) is 10.2. The van der Waals surface area contributed by atoms with Crippen LogP contribution < -0.4 is 15.2 Å². The lowest BCUT2D eigenvalue weighted by atomic mass is 10.1. The van der Waals surface area contributed by atoms with Crippen molar-refractivity contribution >= 4 is 17.8 Å². The largest absolute Gasteiger partial charge is 0.514 e. The van der Waals surface area contributed by atoms with Gasteiger partial charge in [0.05, 0.1) is 13.7 Å². The highest BCUT2D eigenvalue weighted by molar-refractivity contribution is 5.94. The number of rotatable bonds is 10.